The summed E-state index contributed by atoms with van der Waals surface area (Å²) in [5.41, 5.74) is -0.815. The summed E-state index contributed by atoms with van der Waals surface area (Å²) in [5.74, 6) is -3.77. The quantitative estimate of drug-likeness (QED) is 0.204. The van der Waals surface area contributed by atoms with E-state index in [0.29, 0.717) is 10.0 Å². The van der Waals surface area contributed by atoms with Crippen LogP contribution in [0, 0.1) is 27.2 Å². The molecule has 0 aromatic heterocycles. The highest BCUT2D eigenvalue weighted by Crippen LogP contribution is 2.33. The Morgan fingerprint density at radius 3 is 2.00 bits per heavy atom. The van der Waals surface area contributed by atoms with Crippen molar-refractivity contribution >= 4 is 34.9 Å². The van der Waals surface area contributed by atoms with Gasteiger partial charge >= 0.3 is 0 Å². The van der Waals surface area contributed by atoms with Crippen molar-refractivity contribution in [3.63, 3.8) is 0 Å². The first-order valence-corrected chi connectivity index (χ1v) is 10.9. The first-order chi connectivity index (χ1) is 17.5. The lowest BCUT2D eigenvalue weighted by molar-refractivity contribution is -0.385. The van der Waals surface area contributed by atoms with Crippen molar-refractivity contribution in [2.75, 3.05) is 0 Å². The highest BCUT2D eigenvalue weighted by atomic mass is 16.6. The number of Topliss-reactive ketones (excluding diaryl/α,β-unsaturated/α-hetero) is 1. The van der Waals surface area contributed by atoms with Crippen LogP contribution in [0.5, 0.6) is 0 Å². The molecule has 1 atom stereocenters. The van der Waals surface area contributed by atoms with Gasteiger partial charge in [-0.2, -0.15) is 5.01 Å². The van der Waals surface area contributed by atoms with Crippen molar-refractivity contribution < 1.29 is 29.0 Å². The van der Waals surface area contributed by atoms with Gasteiger partial charge < -0.3 is 0 Å². The van der Waals surface area contributed by atoms with E-state index >= 15 is 0 Å². The van der Waals surface area contributed by atoms with Crippen molar-refractivity contribution in [1.82, 2.24) is 10.0 Å². The number of non-ortho nitro benzene ring substituents is 1. The molecule has 12 heteroatoms. The average Bonchev–Trinajstić information content (AvgIpc) is 3.14. The van der Waals surface area contributed by atoms with Crippen LogP contribution in [0.2, 0.25) is 0 Å². The Hall–Kier alpha value is -5.26. The van der Waals surface area contributed by atoms with E-state index in [-0.39, 0.29) is 22.4 Å². The van der Waals surface area contributed by atoms with Gasteiger partial charge in [0.05, 0.1) is 15.4 Å². The van der Waals surface area contributed by atoms with E-state index in [2.05, 4.69) is 0 Å². The van der Waals surface area contributed by atoms with Crippen LogP contribution < -0.4 is 0 Å². The van der Waals surface area contributed by atoms with Crippen molar-refractivity contribution in [2.24, 2.45) is 0 Å². The molecule has 3 aromatic rings. The topological polar surface area (TPSA) is 161 Å². The van der Waals surface area contributed by atoms with Crippen LogP contribution in [-0.2, 0) is 0 Å². The molecule has 1 heterocycles. The lowest BCUT2D eigenvalue weighted by Gasteiger charge is -2.34. The second kappa shape index (κ2) is 9.41. The number of benzene rings is 3. The number of carbonyl (C=O) groups excluding carboxylic acids is 4. The molecule has 0 aliphatic carbocycles. The number of carbonyl (C=O) groups is 4. The van der Waals surface area contributed by atoms with Gasteiger partial charge in [0, 0.05) is 29.3 Å². The van der Waals surface area contributed by atoms with Gasteiger partial charge in [-0.25, -0.2) is 5.01 Å². The lowest BCUT2D eigenvalue weighted by Crippen LogP contribution is -2.56. The van der Waals surface area contributed by atoms with Gasteiger partial charge in [-0.05, 0) is 32.0 Å². The summed E-state index contributed by atoms with van der Waals surface area (Å²) >= 11 is 0. The standard InChI is InChI=1S/C25H18N4O8/c1-14-6-8-16(9-7-14)22(30)15(2)26(23(31)17-10-12-18(13-11-17)28(34)35)27-24(32)19-4-3-5-20(29(36)37)21(19)25(27)33/h3-13,15H,1-2H3/t15-/m1/s1. The van der Waals surface area contributed by atoms with Gasteiger partial charge in [0.1, 0.15) is 11.6 Å². The number of aryl methyl sites for hydroxylation is 1. The van der Waals surface area contributed by atoms with Crippen LogP contribution >= 0.6 is 0 Å². The largest absolute Gasteiger partial charge is 0.292 e. The van der Waals surface area contributed by atoms with Gasteiger partial charge in [0.2, 0.25) is 0 Å². The Kier molecular flexibility index (Phi) is 6.32. The summed E-state index contributed by atoms with van der Waals surface area (Å²) in [4.78, 5) is 74.7. The number of imide groups is 1. The minimum Gasteiger partial charge on any atom is -0.292 e. The van der Waals surface area contributed by atoms with Crippen molar-refractivity contribution in [3.8, 4) is 0 Å². The Morgan fingerprint density at radius 1 is 0.838 bits per heavy atom. The van der Waals surface area contributed by atoms with E-state index in [1.54, 1.807) is 12.1 Å². The van der Waals surface area contributed by atoms with Gasteiger partial charge in [0.15, 0.2) is 5.78 Å². The monoisotopic (exact) mass is 502 g/mol. The number of nitrogens with zero attached hydrogens (tertiary/aromatic N) is 4. The van der Waals surface area contributed by atoms with Crippen molar-refractivity contribution in [2.45, 2.75) is 19.9 Å². The third-order valence-electron chi connectivity index (χ3n) is 5.90. The predicted molar refractivity (Wildman–Crippen MR) is 128 cm³/mol. The lowest BCUT2D eigenvalue weighted by atomic mass is 10.0. The maximum atomic E-state index is 13.6. The molecule has 0 radical (unpaired) electrons. The summed E-state index contributed by atoms with van der Waals surface area (Å²) < 4.78 is 0. The first kappa shape index (κ1) is 24.9. The number of fused-ring (bicyclic) bond motifs is 1. The molecule has 0 fully saturated rings. The highest BCUT2D eigenvalue weighted by Gasteiger charge is 2.48. The minimum absolute atomic E-state index is 0.153. The molecule has 0 saturated carbocycles. The van der Waals surface area contributed by atoms with Crippen molar-refractivity contribution in [3.05, 3.63) is 115 Å². The molecule has 12 nitrogen and oxygen atoms in total. The molecule has 0 saturated heterocycles. The zero-order valence-electron chi connectivity index (χ0n) is 19.5. The van der Waals surface area contributed by atoms with Crippen molar-refractivity contribution in [1.29, 1.82) is 0 Å². The fraction of sp³-hybridized carbons (Fsp3) is 0.120. The molecule has 37 heavy (non-hydrogen) atoms. The van der Waals surface area contributed by atoms with Crippen LogP contribution in [0.1, 0.15) is 53.9 Å². The Labute approximate surface area is 209 Å². The molecule has 4 rings (SSSR count). The SMILES string of the molecule is Cc1ccc(C(=O)[C@@H](C)N(C(=O)c2ccc([N+](=O)[O-])cc2)N2C(=O)c3cccc([N+](=O)[O-])c3C2=O)cc1. The predicted octanol–water partition coefficient (Wildman–Crippen LogP) is 3.74. The first-order valence-electron chi connectivity index (χ1n) is 10.9. The number of nitro benzene ring substituents is 2. The average molecular weight is 502 g/mol. The summed E-state index contributed by atoms with van der Waals surface area (Å²) in [7, 11) is 0. The van der Waals surface area contributed by atoms with E-state index in [9.17, 15) is 39.4 Å². The number of rotatable bonds is 7. The van der Waals surface area contributed by atoms with Gasteiger partial charge in [0.25, 0.3) is 29.1 Å². The maximum Gasteiger partial charge on any atom is 0.287 e. The zero-order valence-corrected chi connectivity index (χ0v) is 19.5. The van der Waals surface area contributed by atoms with E-state index < -0.39 is 50.6 Å². The highest BCUT2D eigenvalue weighted by molar-refractivity contribution is 6.24. The Morgan fingerprint density at radius 2 is 1.43 bits per heavy atom. The Balaban J connectivity index is 1.82. The van der Waals surface area contributed by atoms with E-state index in [4.69, 9.17) is 0 Å². The summed E-state index contributed by atoms with van der Waals surface area (Å²) in [5, 5.41) is 23.6. The summed E-state index contributed by atoms with van der Waals surface area (Å²) in [6.07, 6.45) is 0. The molecule has 0 spiro atoms. The molecule has 0 unspecified atom stereocenters. The minimum atomic E-state index is -1.41. The fourth-order valence-electron chi connectivity index (χ4n) is 3.97. The normalized spacial score (nSPS) is 13.2. The van der Waals surface area contributed by atoms with Crippen LogP contribution in [0.15, 0.2) is 66.7 Å². The van der Waals surface area contributed by atoms with Gasteiger partial charge in [-0.15, -0.1) is 0 Å². The third kappa shape index (κ3) is 4.31. The molecule has 186 valence electrons. The summed E-state index contributed by atoms with van der Waals surface area (Å²) in [6, 6.07) is 12.8. The zero-order chi connectivity index (χ0) is 27.0. The van der Waals surface area contributed by atoms with Crippen LogP contribution in [0.4, 0.5) is 11.4 Å². The van der Waals surface area contributed by atoms with Crippen LogP contribution in [0.3, 0.4) is 0 Å². The number of hydrogen-bond donors (Lipinski definition) is 0. The van der Waals surface area contributed by atoms with Crippen LogP contribution in [0.25, 0.3) is 0 Å². The second-order valence-electron chi connectivity index (χ2n) is 8.24. The third-order valence-corrected chi connectivity index (χ3v) is 5.90. The smallest absolute Gasteiger partial charge is 0.287 e. The van der Waals surface area contributed by atoms with E-state index in [0.717, 1.165) is 35.9 Å². The molecule has 0 N–H and O–H groups in total. The molecular weight excluding hydrogens is 484 g/mol. The molecule has 0 bridgehead atoms. The summed E-state index contributed by atoms with van der Waals surface area (Å²) in [6.45, 7) is 3.12. The molecule has 1 aliphatic heterocycles. The number of hydrazine groups is 1. The molecule has 1 aliphatic rings. The van der Waals surface area contributed by atoms with E-state index in [1.807, 2.05) is 6.92 Å². The molecule has 3 aromatic carbocycles. The molecular formula is C25H18N4O8. The van der Waals surface area contributed by atoms with Gasteiger partial charge in [-0.3, -0.25) is 39.4 Å². The Bertz CT molecular complexity index is 1480. The number of hydrogen-bond acceptors (Lipinski definition) is 8. The second-order valence-corrected chi connectivity index (χ2v) is 8.24. The number of amides is 3. The molecule has 3 amide bonds. The van der Waals surface area contributed by atoms with Crippen LogP contribution in [-0.4, -0.2) is 49.4 Å². The number of ketones is 1. The number of nitro groups is 2. The van der Waals surface area contributed by atoms with Gasteiger partial charge in [-0.1, -0.05) is 35.9 Å². The fourth-order valence-corrected chi connectivity index (χ4v) is 3.97. The van der Waals surface area contributed by atoms with E-state index in [1.165, 1.54) is 31.2 Å². The maximum absolute atomic E-state index is 13.6.